The van der Waals surface area contributed by atoms with Gasteiger partial charge in [-0.25, -0.2) is 13.2 Å². The standard InChI is InChI=1S/C12H18F3NO2Si2/c1-19-16(20-2)8(5-12(17)18)3-7-4-10(14)11(15)6-9(7)13/h4,6,8H,3,5,19-20H2,1-2H3,(H,17,18). The van der Waals surface area contributed by atoms with Gasteiger partial charge >= 0.3 is 5.97 Å². The summed E-state index contributed by atoms with van der Waals surface area (Å²) in [5.41, 5.74) is 0.0325. The minimum Gasteiger partial charge on any atom is -0.481 e. The van der Waals surface area contributed by atoms with E-state index in [1.165, 1.54) is 0 Å². The highest BCUT2D eigenvalue weighted by Gasteiger charge is 2.21. The molecule has 0 saturated carbocycles. The third-order valence-electron chi connectivity index (χ3n) is 3.28. The van der Waals surface area contributed by atoms with Crippen molar-refractivity contribution < 1.29 is 23.1 Å². The number of carboxylic acids is 1. The number of carboxylic acid groups (broad SMARTS) is 1. The first-order chi connectivity index (χ1) is 9.38. The van der Waals surface area contributed by atoms with E-state index in [-0.39, 0.29) is 24.4 Å². The van der Waals surface area contributed by atoms with Crippen LogP contribution in [0.1, 0.15) is 12.0 Å². The lowest BCUT2D eigenvalue weighted by molar-refractivity contribution is -0.137. The molecule has 8 heteroatoms. The number of aliphatic carboxylic acids is 1. The summed E-state index contributed by atoms with van der Waals surface area (Å²) >= 11 is 0. The molecule has 0 saturated heterocycles. The Morgan fingerprint density at radius 2 is 1.75 bits per heavy atom. The molecular weight excluding hydrogens is 303 g/mol. The van der Waals surface area contributed by atoms with Gasteiger partial charge in [-0.2, -0.15) is 0 Å². The number of halogens is 3. The van der Waals surface area contributed by atoms with Crippen LogP contribution in [-0.4, -0.2) is 40.7 Å². The predicted octanol–water partition coefficient (Wildman–Crippen LogP) is 1.06. The molecule has 20 heavy (non-hydrogen) atoms. The fourth-order valence-corrected chi connectivity index (χ4v) is 5.58. The first-order valence-corrected chi connectivity index (χ1v) is 10.6. The molecule has 1 unspecified atom stereocenters. The van der Waals surface area contributed by atoms with Crippen molar-refractivity contribution >= 4 is 25.3 Å². The molecule has 3 nitrogen and oxygen atoms in total. The summed E-state index contributed by atoms with van der Waals surface area (Å²) in [6.07, 6.45) is -0.0167. The zero-order valence-electron chi connectivity index (χ0n) is 11.5. The van der Waals surface area contributed by atoms with Gasteiger partial charge in [-0.1, -0.05) is 13.1 Å². The Balaban J connectivity index is 2.99. The van der Waals surface area contributed by atoms with Crippen LogP contribution in [0.3, 0.4) is 0 Å². The van der Waals surface area contributed by atoms with Crippen LogP contribution >= 0.6 is 0 Å². The van der Waals surface area contributed by atoms with E-state index in [2.05, 4.69) is 4.23 Å². The SMILES string of the molecule is C[SiH2]N([SiH2]C)C(CC(=O)O)Cc1cc(F)c(F)cc1F. The summed E-state index contributed by atoms with van der Waals surface area (Å²) in [5, 5.41) is 8.95. The molecule has 0 heterocycles. The van der Waals surface area contributed by atoms with E-state index < -0.39 is 42.8 Å². The molecule has 0 amide bonds. The Hall–Kier alpha value is -1.13. The van der Waals surface area contributed by atoms with Gasteiger partial charge in [0, 0.05) is 12.1 Å². The second-order valence-electron chi connectivity index (χ2n) is 4.53. The van der Waals surface area contributed by atoms with Crippen molar-refractivity contribution in [3.05, 3.63) is 35.1 Å². The molecule has 1 aromatic rings. The predicted molar refractivity (Wildman–Crippen MR) is 76.7 cm³/mol. The summed E-state index contributed by atoms with van der Waals surface area (Å²) in [7, 11) is -1.13. The molecule has 1 aromatic carbocycles. The van der Waals surface area contributed by atoms with Gasteiger partial charge in [-0.05, 0) is 18.1 Å². The highest BCUT2D eigenvalue weighted by Crippen LogP contribution is 2.18. The van der Waals surface area contributed by atoms with Crippen LogP contribution in [0, 0.1) is 17.5 Å². The van der Waals surface area contributed by atoms with Crippen molar-refractivity contribution in [1.82, 2.24) is 4.23 Å². The third-order valence-corrected chi connectivity index (χ3v) is 8.62. The average Bonchev–Trinajstić information content (AvgIpc) is 2.36. The monoisotopic (exact) mass is 321 g/mol. The summed E-state index contributed by atoms with van der Waals surface area (Å²) in [4.78, 5) is 10.9. The second-order valence-corrected chi connectivity index (χ2v) is 8.32. The molecule has 0 bridgehead atoms. The van der Waals surface area contributed by atoms with Crippen molar-refractivity contribution in [2.75, 3.05) is 0 Å². The first-order valence-electron chi connectivity index (χ1n) is 6.48. The van der Waals surface area contributed by atoms with Gasteiger partial charge in [-0.15, -0.1) is 0 Å². The summed E-state index contributed by atoms with van der Waals surface area (Å²) in [5.74, 6) is -4.13. The Morgan fingerprint density at radius 3 is 2.25 bits per heavy atom. The maximum atomic E-state index is 13.6. The van der Waals surface area contributed by atoms with Crippen molar-refractivity contribution in [3.8, 4) is 0 Å². The summed E-state index contributed by atoms with van der Waals surface area (Å²) in [6, 6.07) is 1.01. The van der Waals surface area contributed by atoms with Gasteiger partial charge in [0.25, 0.3) is 0 Å². The lowest BCUT2D eigenvalue weighted by Crippen LogP contribution is -2.41. The maximum absolute atomic E-state index is 13.6. The van der Waals surface area contributed by atoms with Crippen LogP contribution in [0.5, 0.6) is 0 Å². The quantitative estimate of drug-likeness (QED) is 0.603. The van der Waals surface area contributed by atoms with Crippen molar-refractivity contribution in [1.29, 1.82) is 0 Å². The number of hydrogen-bond donors (Lipinski definition) is 1. The van der Waals surface area contributed by atoms with E-state index >= 15 is 0 Å². The van der Waals surface area contributed by atoms with Crippen LogP contribution < -0.4 is 0 Å². The zero-order chi connectivity index (χ0) is 15.3. The minimum atomic E-state index is -1.23. The van der Waals surface area contributed by atoms with Crippen molar-refractivity contribution in [2.45, 2.75) is 32.0 Å². The molecule has 0 spiro atoms. The van der Waals surface area contributed by atoms with Crippen LogP contribution in [0.2, 0.25) is 13.1 Å². The van der Waals surface area contributed by atoms with E-state index in [1.54, 1.807) is 0 Å². The molecule has 0 aromatic heterocycles. The van der Waals surface area contributed by atoms with Gasteiger partial charge in [0.15, 0.2) is 11.6 Å². The van der Waals surface area contributed by atoms with Gasteiger partial charge in [-0.3, -0.25) is 4.79 Å². The van der Waals surface area contributed by atoms with Crippen LogP contribution in [-0.2, 0) is 11.2 Å². The van der Waals surface area contributed by atoms with E-state index in [9.17, 15) is 18.0 Å². The number of hydrogen-bond acceptors (Lipinski definition) is 2. The number of benzene rings is 1. The van der Waals surface area contributed by atoms with Crippen molar-refractivity contribution in [2.24, 2.45) is 0 Å². The van der Waals surface area contributed by atoms with E-state index in [0.29, 0.717) is 6.07 Å². The normalized spacial score (nSPS) is 13.9. The Bertz CT molecular complexity index is 484. The Morgan fingerprint density at radius 1 is 1.20 bits per heavy atom. The lowest BCUT2D eigenvalue weighted by Gasteiger charge is -2.29. The van der Waals surface area contributed by atoms with Crippen LogP contribution in [0.25, 0.3) is 0 Å². The van der Waals surface area contributed by atoms with Gasteiger partial charge in [0.2, 0.25) is 0 Å². The molecular formula is C12H18F3NO2Si2. The Labute approximate surface area is 120 Å². The zero-order valence-corrected chi connectivity index (χ0v) is 14.3. The van der Waals surface area contributed by atoms with Gasteiger partial charge in [0.05, 0.1) is 25.8 Å². The third kappa shape index (κ3) is 4.46. The smallest absolute Gasteiger partial charge is 0.304 e. The van der Waals surface area contributed by atoms with E-state index in [1.807, 2.05) is 13.1 Å². The molecule has 0 aliphatic carbocycles. The number of carbonyl (C=O) groups is 1. The topological polar surface area (TPSA) is 40.5 Å². The highest BCUT2D eigenvalue weighted by molar-refractivity contribution is 6.48. The van der Waals surface area contributed by atoms with Crippen LogP contribution in [0.15, 0.2) is 12.1 Å². The van der Waals surface area contributed by atoms with Crippen molar-refractivity contribution in [3.63, 3.8) is 0 Å². The second kappa shape index (κ2) is 7.60. The minimum absolute atomic E-state index is 0.0325. The largest absolute Gasteiger partial charge is 0.481 e. The fraction of sp³-hybridized carbons (Fsp3) is 0.417. The molecule has 0 aliphatic rings. The van der Waals surface area contributed by atoms with Gasteiger partial charge in [0.1, 0.15) is 5.82 Å². The Kier molecular flexibility index (Phi) is 6.43. The molecule has 0 aliphatic heterocycles. The molecule has 112 valence electrons. The molecule has 0 fully saturated rings. The van der Waals surface area contributed by atoms with Crippen LogP contribution in [0.4, 0.5) is 13.2 Å². The molecule has 0 radical (unpaired) electrons. The molecule has 1 rings (SSSR count). The summed E-state index contributed by atoms with van der Waals surface area (Å²) in [6.45, 7) is 4.07. The highest BCUT2D eigenvalue weighted by atomic mass is 28.3. The molecule has 1 atom stereocenters. The fourth-order valence-electron chi connectivity index (χ4n) is 2.25. The van der Waals surface area contributed by atoms with Gasteiger partial charge < -0.3 is 9.34 Å². The maximum Gasteiger partial charge on any atom is 0.304 e. The summed E-state index contributed by atoms with van der Waals surface area (Å²) < 4.78 is 41.9. The first kappa shape index (κ1) is 16.9. The number of rotatable bonds is 7. The number of nitrogens with zero attached hydrogens (tertiary/aromatic N) is 1. The molecule has 1 N–H and O–H groups in total. The van der Waals surface area contributed by atoms with E-state index in [4.69, 9.17) is 5.11 Å². The lowest BCUT2D eigenvalue weighted by atomic mass is 10.0. The average molecular weight is 321 g/mol. The van der Waals surface area contributed by atoms with E-state index in [0.717, 1.165) is 6.07 Å².